The molecule has 1 aromatic carbocycles. The van der Waals surface area contributed by atoms with Gasteiger partial charge in [-0.1, -0.05) is 76.8 Å². The van der Waals surface area contributed by atoms with Crippen LogP contribution in [0.15, 0.2) is 24.3 Å². The van der Waals surface area contributed by atoms with Gasteiger partial charge in [0.2, 0.25) is 0 Å². The molecule has 0 bridgehead atoms. The molecule has 1 aliphatic rings. The van der Waals surface area contributed by atoms with Gasteiger partial charge in [-0.25, -0.2) is 0 Å². The second-order valence-electron chi connectivity index (χ2n) is 5.23. The fraction of sp³-hybridized carbons (Fsp3) is 0.684. The van der Waals surface area contributed by atoms with E-state index in [0.717, 1.165) is 32.8 Å². The van der Waals surface area contributed by atoms with Crippen LogP contribution >= 0.6 is 0 Å². The second kappa shape index (κ2) is 14.1. The molecule has 0 N–H and O–H groups in total. The zero-order chi connectivity index (χ0) is 15.9. The number of morpholine rings is 1. The third-order valence-electron chi connectivity index (χ3n) is 3.34. The third-order valence-corrected chi connectivity index (χ3v) is 3.34. The van der Waals surface area contributed by atoms with E-state index >= 15 is 0 Å². The molecule has 122 valence electrons. The predicted molar refractivity (Wildman–Crippen MR) is 93.8 cm³/mol. The minimum atomic E-state index is 0.881. The summed E-state index contributed by atoms with van der Waals surface area (Å²) in [4.78, 5) is 2.44. The second-order valence-corrected chi connectivity index (χ2v) is 5.23. The number of ether oxygens (including phenoxy) is 1. The maximum Gasteiger partial charge on any atom is 0.0594 e. The van der Waals surface area contributed by atoms with Crippen LogP contribution in [0, 0.1) is 6.92 Å². The monoisotopic (exact) mass is 293 g/mol. The van der Waals surface area contributed by atoms with Crippen LogP contribution in [0.25, 0.3) is 0 Å². The van der Waals surface area contributed by atoms with Crippen molar-refractivity contribution < 1.29 is 4.74 Å². The summed E-state index contributed by atoms with van der Waals surface area (Å²) in [5, 5.41) is 0. The van der Waals surface area contributed by atoms with Crippen LogP contribution in [0.2, 0.25) is 0 Å². The molecule has 0 unspecified atom stereocenters. The van der Waals surface area contributed by atoms with Gasteiger partial charge in [-0.2, -0.15) is 0 Å². The highest BCUT2D eigenvalue weighted by molar-refractivity contribution is 5.21. The molecule has 1 aromatic rings. The Kier molecular flexibility index (Phi) is 13.5. The van der Waals surface area contributed by atoms with Gasteiger partial charge in [-0.3, -0.25) is 4.90 Å². The maximum absolute atomic E-state index is 5.31. The van der Waals surface area contributed by atoms with Gasteiger partial charge in [-0.15, -0.1) is 0 Å². The highest BCUT2D eigenvalue weighted by Gasteiger charge is 2.09. The number of hydrogen-bond donors (Lipinski definition) is 0. The molecular weight excluding hydrogens is 258 g/mol. The summed E-state index contributed by atoms with van der Waals surface area (Å²) in [5.74, 6) is 0. The van der Waals surface area contributed by atoms with Gasteiger partial charge in [-0.05, 0) is 12.5 Å². The molecule has 1 heterocycles. The zero-order valence-electron chi connectivity index (χ0n) is 14.8. The van der Waals surface area contributed by atoms with E-state index in [0.29, 0.717) is 0 Å². The van der Waals surface area contributed by atoms with Gasteiger partial charge in [0, 0.05) is 19.6 Å². The SMILES string of the molecule is CC.CCCCC.Cc1ccc(CN2CCOCC2)cc1. The Hall–Kier alpha value is -0.860. The minimum Gasteiger partial charge on any atom is -0.379 e. The molecule has 0 aromatic heterocycles. The number of hydrogen-bond acceptors (Lipinski definition) is 2. The van der Waals surface area contributed by atoms with Crippen LogP contribution in [0.3, 0.4) is 0 Å². The lowest BCUT2D eigenvalue weighted by molar-refractivity contribution is 0.0342. The fourth-order valence-electron chi connectivity index (χ4n) is 2.06. The van der Waals surface area contributed by atoms with E-state index in [2.05, 4.69) is 49.9 Å². The lowest BCUT2D eigenvalue weighted by Gasteiger charge is -2.26. The van der Waals surface area contributed by atoms with Crippen molar-refractivity contribution in [3.05, 3.63) is 35.4 Å². The van der Waals surface area contributed by atoms with Gasteiger partial charge in [0.15, 0.2) is 0 Å². The molecule has 1 fully saturated rings. The summed E-state index contributed by atoms with van der Waals surface area (Å²) in [6.07, 6.45) is 4.08. The summed E-state index contributed by atoms with van der Waals surface area (Å²) in [7, 11) is 0. The van der Waals surface area contributed by atoms with Crippen molar-refractivity contribution in [3.63, 3.8) is 0 Å². The van der Waals surface area contributed by atoms with Gasteiger partial charge in [0.1, 0.15) is 0 Å². The molecule has 1 aliphatic heterocycles. The van der Waals surface area contributed by atoms with Crippen molar-refractivity contribution in [2.75, 3.05) is 26.3 Å². The Labute approximate surface area is 132 Å². The van der Waals surface area contributed by atoms with E-state index in [9.17, 15) is 0 Å². The van der Waals surface area contributed by atoms with Crippen molar-refractivity contribution in [1.82, 2.24) is 4.90 Å². The first-order valence-electron chi connectivity index (χ1n) is 8.62. The third kappa shape index (κ3) is 10.5. The number of benzene rings is 1. The van der Waals surface area contributed by atoms with Crippen molar-refractivity contribution in [3.8, 4) is 0 Å². The van der Waals surface area contributed by atoms with Gasteiger partial charge in [0.25, 0.3) is 0 Å². The van der Waals surface area contributed by atoms with Gasteiger partial charge >= 0.3 is 0 Å². The summed E-state index contributed by atoms with van der Waals surface area (Å²) in [5.41, 5.74) is 2.73. The zero-order valence-corrected chi connectivity index (χ0v) is 14.8. The molecule has 2 nitrogen and oxygen atoms in total. The van der Waals surface area contributed by atoms with Gasteiger partial charge in [0.05, 0.1) is 13.2 Å². The van der Waals surface area contributed by atoms with E-state index in [1.165, 1.54) is 30.4 Å². The summed E-state index contributed by atoms with van der Waals surface area (Å²) < 4.78 is 5.31. The largest absolute Gasteiger partial charge is 0.379 e. The minimum absolute atomic E-state index is 0.881. The van der Waals surface area contributed by atoms with Gasteiger partial charge < -0.3 is 4.74 Å². The highest BCUT2D eigenvalue weighted by Crippen LogP contribution is 2.08. The lowest BCUT2D eigenvalue weighted by atomic mass is 10.1. The maximum atomic E-state index is 5.31. The van der Waals surface area contributed by atoms with Crippen LogP contribution in [-0.2, 0) is 11.3 Å². The van der Waals surface area contributed by atoms with Crippen molar-refractivity contribution in [2.24, 2.45) is 0 Å². The Bertz CT molecular complexity index is 313. The number of unbranched alkanes of at least 4 members (excludes halogenated alkanes) is 2. The van der Waals surface area contributed by atoms with Crippen LogP contribution < -0.4 is 0 Å². The summed E-state index contributed by atoms with van der Waals surface area (Å²) in [6, 6.07) is 8.78. The summed E-state index contributed by atoms with van der Waals surface area (Å²) >= 11 is 0. The van der Waals surface area contributed by atoms with Crippen LogP contribution in [0.5, 0.6) is 0 Å². The van der Waals surface area contributed by atoms with Crippen molar-refractivity contribution in [1.29, 1.82) is 0 Å². The average molecular weight is 293 g/mol. The lowest BCUT2D eigenvalue weighted by Crippen LogP contribution is -2.35. The average Bonchev–Trinajstić information content (AvgIpc) is 2.54. The van der Waals surface area contributed by atoms with Crippen LogP contribution in [-0.4, -0.2) is 31.2 Å². The molecule has 0 spiro atoms. The van der Waals surface area contributed by atoms with E-state index < -0.39 is 0 Å². The van der Waals surface area contributed by atoms with E-state index in [1.54, 1.807) is 0 Å². The molecule has 2 heteroatoms. The van der Waals surface area contributed by atoms with E-state index in [-0.39, 0.29) is 0 Å². The van der Waals surface area contributed by atoms with Crippen molar-refractivity contribution in [2.45, 2.75) is 60.4 Å². The highest BCUT2D eigenvalue weighted by atomic mass is 16.5. The summed E-state index contributed by atoms with van der Waals surface area (Å²) in [6.45, 7) is 15.5. The smallest absolute Gasteiger partial charge is 0.0594 e. The number of rotatable bonds is 4. The molecule has 0 radical (unpaired) electrons. The molecule has 0 atom stereocenters. The normalized spacial score (nSPS) is 14.5. The first-order valence-corrected chi connectivity index (χ1v) is 8.62. The molecule has 0 aliphatic carbocycles. The Morgan fingerprint density at radius 1 is 0.952 bits per heavy atom. The first kappa shape index (κ1) is 20.1. The first-order chi connectivity index (χ1) is 10.3. The van der Waals surface area contributed by atoms with E-state index in [4.69, 9.17) is 4.74 Å². The Balaban J connectivity index is 0.000000489. The molecule has 0 amide bonds. The number of aryl methyl sites for hydroxylation is 1. The predicted octanol–water partition coefficient (Wildman–Crippen LogP) is 5.05. The topological polar surface area (TPSA) is 12.5 Å². The van der Waals surface area contributed by atoms with Crippen molar-refractivity contribution >= 4 is 0 Å². The Morgan fingerprint density at radius 3 is 1.90 bits per heavy atom. The van der Waals surface area contributed by atoms with E-state index in [1.807, 2.05) is 13.8 Å². The quantitative estimate of drug-likeness (QED) is 0.770. The molecule has 1 saturated heterocycles. The van der Waals surface area contributed by atoms with Crippen LogP contribution in [0.1, 0.15) is 58.1 Å². The Morgan fingerprint density at radius 2 is 1.48 bits per heavy atom. The fourth-order valence-corrected chi connectivity index (χ4v) is 2.06. The molecule has 21 heavy (non-hydrogen) atoms. The molecule has 0 saturated carbocycles. The number of nitrogens with zero attached hydrogens (tertiary/aromatic N) is 1. The van der Waals surface area contributed by atoms with Crippen LogP contribution in [0.4, 0.5) is 0 Å². The standard InChI is InChI=1S/C12H17NO.C5H12.C2H6/c1-11-2-4-12(5-3-11)10-13-6-8-14-9-7-13;1-3-5-4-2;1-2/h2-5H,6-10H2,1H3;3-5H2,1-2H3;1-2H3. The molecular formula is C19H35NO. The molecule has 2 rings (SSSR count).